The average molecular weight is 272 g/mol. The molecule has 1 aliphatic heterocycles. The van der Waals surface area contributed by atoms with Crippen LogP contribution in [0.2, 0.25) is 0 Å². The zero-order chi connectivity index (χ0) is 13.1. The second kappa shape index (κ2) is 5.63. The Balaban J connectivity index is 1.84. The van der Waals surface area contributed by atoms with Crippen LogP contribution in [0.15, 0.2) is 53.7 Å². The van der Waals surface area contributed by atoms with Crippen LogP contribution < -0.4 is 10.1 Å². The smallest absolute Gasteiger partial charge is 0.124 e. The number of pyridine rings is 1. The standard InChI is InChI=1S/C15H16N2OS/c1-16-15-11-6-2-3-7-12(11)18-10-13(15)19-14-8-4-5-9-17-14/h2-9,13,15-16H,10H2,1H3. The highest BCUT2D eigenvalue weighted by molar-refractivity contribution is 7.99. The Morgan fingerprint density at radius 3 is 2.84 bits per heavy atom. The van der Waals surface area contributed by atoms with Crippen molar-refractivity contribution in [1.29, 1.82) is 0 Å². The van der Waals surface area contributed by atoms with E-state index in [9.17, 15) is 0 Å². The molecule has 19 heavy (non-hydrogen) atoms. The Morgan fingerprint density at radius 2 is 2.05 bits per heavy atom. The fraction of sp³-hybridized carbons (Fsp3) is 0.267. The Kier molecular flexibility index (Phi) is 3.71. The summed E-state index contributed by atoms with van der Waals surface area (Å²) in [6, 6.07) is 14.5. The first kappa shape index (κ1) is 12.5. The Morgan fingerprint density at radius 1 is 1.21 bits per heavy atom. The van der Waals surface area contributed by atoms with Crippen LogP contribution in [0, 0.1) is 0 Å². The summed E-state index contributed by atoms with van der Waals surface area (Å²) in [7, 11) is 2.00. The second-order valence-electron chi connectivity index (χ2n) is 4.44. The highest BCUT2D eigenvalue weighted by atomic mass is 32.2. The van der Waals surface area contributed by atoms with Gasteiger partial charge in [0.1, 0.15) is 12.4 Å². The van der Waals surface area contributed by atoms with Gasteiger partial charge < -0.3 is 10.1 Å². The highest BCUT2D eigenvalue weighted by Crippen LogP contribution is 2.38. The normalized spacial score (nSPS) is 21.5. The Hall–Kier alpha value is -1.52. The van der Waals surface area contributed by atoms with Crippen LogP contribution in [-0.4, -0.2) is 23.9 Å². The fourth-order valence-corrected chi connectivity index (χ4v) is 3.50. The minimum atomic E-state index is 0.289. The molecule has 0 amide bonds. The van der Waals surface area contributed by atoms with Crippen LogP contribution >= 0.6 is 11.8 Å². The molecular weight excluding hydrogens is 256 g/mol. The summed E-state index contributed by atoms with van der Waals surface area (Å²) in [5.41, 5.74) is 1.23. The van der Waals surface area contributed by atoms with Crippen molar-refractivity contribution in [2.45, 2.75) is 16.3 Å². The maximum absolute atomic E-state index is 5.85. The molecule has 0 aliphatic carbocycles. The van der Waals surface area contributed by atoms with Gasteiger partial charge in [0, 0.05) is 11.8 Å². The quantitative estimate of drug-likeness (QED) is 0.931. The number of thioether (sulfide) groups is 1. The molecule has 0 spiro atoms. The van der Waals surface area contributed by atoms with E-state index in [-0.39, 0.29) is 6.04 Å². The first-order valence-corrected chi connectivity index (χ1v) is 7.23. The number of benzene rings is 1. The molecule has 0 radical (unpaired) electrons. The van der Waals surface area contributed by atoms with E-state index < -0.39 is 0 Å². The number of hydrogen-bond donors (Lipinski definition) is 1. The van der Waals surface area contributed by atoms with Crippen molar-refractivity contribution in [2.24, 2.45) is 0 Å². The molecule has 3 rings (SSSR count). The lowest BCUT2D eigenvalue weighted by atomic mass is 10.0. The van der Waals surface area contributed by atoms with Crippen LogP contribution in [0.1, 0.15) is 11.6 Å². The van der Waals surface area contributed by atoms with E-state index in [1.807, 2.05) is 43.6 Å². The van der Waals surface area contributed by atoms with Crippen molar-refractivity contribution >= 4 is 11.8 Å². The molecule has 0 saturated carbocycles. The van der Waals surface area contributed by atoms with Crippen molar-refractivity contribution in [3.8, 4) is 5.75 Å². The molecule has 0 fully saturated rings. The number of ether oxygens (including phenoxy) is 1. The molecule has 2 heterocycles. The molecule has 2 atom stereocenters. The minimum Gasteiger partial charge on any atom is -0.492 e. The largest absolute Gasteiger partial charge is 0.492 e. The lowest BCUT2D eigenvalue weighted by Crippen LogP contribution is -2.35. The van der Waals surface area contributed by atoms with Gasteiger partial charge in [-0.1, -0.05) is 36.0 Å². The molecule has 1 aromatic heterocycles. The predicted octanol–water partition coefficient (Wildman–Crippen LogP) is 2.90. The number of fused-ring (bicyclic) bond motifs is 1. The van der Waals surface area contributed by atoms with Crippen molar-refractivity contribution in [2.75, 3.05) is 13.7 Å². The van der Waals surface area contributed by atoms with Gasteiger partial charge in [-0.2, -0.15) is 0 Å². The molecule has 1 N–H and O–H groups in total. The third-order valence-electron chi connectivity index (χ3n) is 3.25. The third kappa shape index (κ3) is 2.60. The first-order valence-electron chi connectivity index (χ1n) is 6.35. The number of hydrogen-bond acceptors (Lipinski definition) is 4. The summed E-state index contributed by atoms with van der Waals surface area (Å²) < 4.78 is 5.85. The van der Waals surface area contributed by atoms with Gasteiger partial charge >= 0.3 is 0 Å². The zero-order valence-electron chi connectivity index (χ0n) is 10.7. The van der Waals surface area contributed by atoms with Gasteiger partial charge in [0.2, 0.25) is 0 Å². The van der Waals surface area contributed by atoms with E-state index in [0.29, 0.717) is 11.9 Å². The molecule has 1 aliphatic rings. The van der Waals surface area contributed by atoms with Gasteiger partial charge in [-0.25, -0.2) is 4.98 Å². The van der Waals surface area contributed by atoms with E-state index in [0.717, 1.165) is 10.8 Å². The number of nitrogens with one attached hydrogen (secondary N) is 1. The van der Waals surface area contributed by atoms with Crippen LogP contribution in [0.5, 0.6) is 5.75 Å². The summed E-state index contributed by atoms with van der Waals surface area (Å²) in [6.45, 7) is 0.698. The number of aromatic nitrogens is 1. The monoisotopic (exact) mass is 272 g/mol. The van der Waals surface area contributed by atoms with Gasteiger partial charge in [-0.15, -0.1) is 0 Å². The SMILES string of the molecule is CNC1c2ccccc2OCC1Sc1ccccn1. The highest BCUT2D eigenvalue weighted by Gasteiger charge is 2.30. The van der Waals surface area contributed by atoms with E-state index in [1.165, 1.54) is 5.56 Å². The van der Waals surface area contributed by atoms with Crippen molar-refractivity contribution in [3.63, 3.8) is 0 Å². The summed E-state index contributed by atoms with van der Waals surface area (Å²) in [4.78, 5) is 4.38. The van der Waals surface area contributed by atoms with Crippen LogP contribution in [0.25, 0.3) is 0 Å². The molecule has 2 aromatic rings. The average Bonchev–Trinajstić information content (AvgIpc) is 2.48. The topological polar surface area (TPSA) is 34.1 Å². The lowest BCUT2D eigenvalue weighted by molar-refractivity contribution is 0.265. The third-order valence-corrected chi connectivity index (χ3v) is 4.44. The lowest BCUT2D eigenvalue weighted by Gasteiger charge is -2.32. The van der Waals surface area contributed by atoms with Crippen LogP contribution in [0.4, 0.5) is 0 Å². The molecule has 4 heteroatoms. The molecule has 1 aromatic carbocycles. The van der Waals surface area contributed by atoms with Crippen molar-refractivity contribution < 1.29 is 4.74 Å². The fourth-order valence-electron chi connectivity index (χ4n) is 2.35. The maximum Gasteiger partial charge on any atom is 0.124 e. The Labute approximate surface area is 117 Å². The molecule has 98 valence electrons. The van der Waals surface area contributed by atoms with Gasteiger partial charge in [-0.3, -0.25) is 0 Å². The molecule has 3 nitrogen and oxygen atoms in total. The van der Waals surface area contributed by atoms with Crippen LogP contribution in [0.3, 0.4) is 0 Å². The van der Waals surface area contributed by atoms with Gasteiger partial charge in [0.15, 0.2) is 0 Å². The second-order valence-corrected chi connectivity index (χ2v) is 5.70. The summed E-state index contributed by atoms with van der Waals surface area (Å²) in [5, 5.41) is 4.77. The summed E-state index contributed by atoms with van der Waals surface area (Å²) in [6.07, 6.45) is 1.83. The molecule has 2 unspecified atom stereocenters. The number of nitrogens with zero attached hydrogens (tertiary/aromatic N) is 1. The molecular formula is C15H16N2OS. The minimum absolute atomic E-state index is 0.289. The predicted molar refractivity (Wildman–Crippen MR) is 77.6 cm³/mol. The van der Waals surface area contributed by atoms with E-state index in [1.54, 1.807) is 11.8 Å². The molecule has 0 saturated heterocycles. The Bertz CT molecular complexity index is 547. The number of rotatable bonds is 3. The van der Waals surface area contributed by atoms with Crippen molar-refractivity contribution in [3.05, 3.63) is 54.2 Å². The maximum atomic E-state index is 5.85. The zero-order valence-corrected chi connectivity index (χ0v) is 11.6. The van der Waals surface area contributed by atoms with E-state index in [4.69, 9.17) is 4.74 Å². The first-order chi connectivity index (χ1) is 9.38. The van der Waals surface area contributed by atoms with E-state index in [2.05, 4.69) is 22.4 Å². The van der Waals surface area contributed by atoms with Crippen LogP contribution in [-0.2, 0) is 0 Å². The van der Waals surface area contributed by atoms with E-state index >= 15 is 0 Å². The van der Waals surface area contributed by atoms with Gasteiger partial charge in [0.05, 0.1) is 16.3 Å². The summed E-state index contributed by atoms with van der Waals surface area (Å²) in [5.74, 6) is 0.986. The summed E-state index contributed by atoms with van der Waals surface area (Å²) >= 11 is 1.76. The van der Waals surface area contributed by atoms with Gasteiger partial charge in [-0.05, 0) is 25.2 Å². The number of para-hydroxylation sites is 1. The van der Waals surface area contributed by atoms with Crippen molar-refractivity contribution in [1.82, 2.24) is 10.3 Å². The molecule has 0 bridgehead atoms. The van der Waals surface area contributed by atoms with Gasteiger partial charge in [0.25, 0.3) is 0 Å².